The number of benzene rings is 2. The van der Waals surface area contributed by atoms with E-state index in [4.69, 9.17) is 5.73 Å². The lowest BCUT2D eigenvalue weighted by Crippen LogP contribution is -2.31. The molecule has 4 N–H and O–H groups in total. The zero-order valence-electron chi connectivity index (χ0n) is 14.8. The lowest BCUT2D eigenvalue weighted by molar-refractivity contribution is -0.137. The summed E-state index contributed by atoms with van der Waals surface area (Å²) in [5.41, 5.74) is 8.50. The first-order valence-corrected chi connectivity index (χ1v) is 8.45. The first-order valence-electron chi connectivity index (χ1n) is 8.45. The van der Waals surface area contributed by atoms with E-state index in [9.17, 15) is 14.7 Å². The van der Waals surface area contributed by atoms with Gasteiger partial charge in [-0.2, -0.15) is 5.10 Å². The SMILES string of the molecule is Cc1ccccc1C(CC(=O)O)NC(=O)c1cc(N)n(-c2ccccc2)n1. The van der Waals surface area contributed by atoms with Crippen molar-refractivity contribution in [1.29, 1.82) is 0 Å². The Morgan fingerprint density at radius 3 is 2.48 bits per heavy atom. The van der Waals surface area contributed by atoms with E-state index in [2.05, 4.69) is 10.4 Å². The van der Waals surface area contributed by atoms with Crippen molar-refractivity contribution in [3.8, 4) is 5.69 Å². The zero-order chi connectivity index (χ0) is 19.4. The quantitative estimate of drug-likeness (QED) is 0.623. The molecule has 0 bridgehead atoms. The van der Waals surface area contributed by atoms with Crippen LogP contribution in [0.15, 0.2) is 60.7 Å². The average molecular weight is 364 g/mol. The molecule has 1 atom stereocenters. The molecule has 7 nitrogen and oxygen atoms in total. The van der Waals surface area contributed by atoms with Gasteiger partial charge in [-0.15, -0.1) is 0 Å². The minimum Gasteiger partial charge on any atom is -0.481 e. The van der Waals surface area contributed by atoms with Crippen LogP contribution in [0.25, 0.3) is 5.69 Å². The van der Waals surface area contributed by atoms with Crippen molar-refractivity contribution in [2.75, 3.05) is 5.73 Å². The summed E-state index contributed by atoms with van der Waals surface area (Å²) >= 11 is 0. The zero-order valence-corrected chi connectivity index (χ0v) is 14.8. The molecule has 1 heterocycles. The number of para-hydroxylation sites is 1. The smallest absolute Gasteiger partial charge is 0.305 e. The van der Waals surface area contributed by atoms with Crippen LogP contribution in [0, 0.1) is 6.92 Å². The number of nitrogens with zero attached hydrogens (tertiary/aromatic N) is 2. The molecular formula is C20H20N4O3. The van der Waals surface area contributed by atoms with Gasteiger partial charge in [0, 0.05) is 6.07 Å². The summed E-state index contributed by atoms with van der Waals surface area (Å²) in [4.78, 5) is 23.9. The van der Waals surface area contributed by atoms with Crippen LogP contribution in [-0.2, 0) is 4.79 Å². The van der Waals surface area contributed by atoms with Crippen molar-refractivity contribution < 1.29 is 14.7 Å². The van der Waals surface area contributed by atoms with E-state index in [1.807, 2.05) is 55.5 Å². The van der Waals surface area contributed by atoms with Crippen LogP contribution >= 0.6 is 0 Å². The molecule has 3 rings (SSSR count). The third kappa shape index (κ3) is 4.14. The van der Waals surface area contributed by atoms with Crippen molar-refractivity contribution in [2.45, 2.75) is 19.4 Å². The van der Waals surface area contributed by atoms with Crippen molar-refractivity contribution in [1.82, 2.24) is 15.1 Å². The maximum Gasteiger partial charge on any atom is 0.305 e. The number of aromatic nitrogens is 2. The van der Waals surface area contributed by atoms with Crippen LogP contribution in [0.3, 0.4) is 0 Å². The fraction of sp³-hybridized carbons (Fsp3) is 0.150. The van der Waals surface area contributed by atoms with Crippen LogP contribution in [-0.4, -0.2) is 26.8 Å². The predicted octanol–water partition coefficient (Wildman–Crippen LogP) is 2.71. The molecule has 0 aliphatic heterocycles. The minimum absolute atomic E-state index is 0.125. The van der Waals surface area contributed by atoms with Gasteiger partial charge in [-0.1, -0.05) is 42.5 Å². The molecular weight excluding hydrogens is 344 g/mol. The molecule has 3 aromatic rings. The summed E-state index contributed by atoms with van der Waals surface area (Å²) in [6.45, 7) is 1.87. The maximum atomic E-state index is 12.7. The maximum absolute atomic E-state index is 12.7. The number of carbonyl (C=O) groups is 2. The van der Waals surface area contributed by atoms with Crippen molar-refractivity contribution in [2.24, 2.45) is 0 Å². The van der Waals surface area contributed by atoms with Gasteiger partial charge in [-0.05, 0) is 30.2 Å². The number of hydrogen-bond acceptors (Lipinski definition) is 4. The van der Waals surface area contributed by atoms with Crippen LogP contribution in [0.2, 0.25) is 0 Å². The summed E-state index contributed by atoms with van der Waals surface area (Å²) < 4.78 is 1.47. The van der Waals surface area contributed by atoms with Crippen molar-refractivity contribution in [3.05, 3.63) is 77.5 Å². The molecule has 1 unspecified atom stereocenters. The van der Waals surface area contributed by atoms with Gasteiger partial charge in [-0.3, -0.25) is 9.59 Å². The highest BCUT2D eigenvalue weighted by Crippen LogP contribution is 2.22. The first-order chi connectivity index (χ1) is 13.0. The highest BCUT2D eigenvalue weighted by atomic mass is 16.4. The molecule has 27 heavy (non-hydrogen) atoms. The van der Waals surface area contributed by atoms with E-state index >= 15 is 0 Å². The number of carboxylic acids is 1. The summed E-state index contributed by atoms with van der Waals surface area (Å²) in [6, 6.07) is 17.4. The highest BCUT2D eigenvalue weighted by Gasteiger charge is 2.22. The Hall–Kier alpha value is -3.61. The van der Waals surface area contributed by atoms with Gasteiger partial charge in [-0.25, -0.2) is 4.68 Å². The van der Waals surface area contributed by atoms with Gasteiger partial charge in [0.2, 0.25) is 0 Å². The predicted molar refractivity (Wildman–Crippen MR) is 102 cm³/mol. The lowest BCUT2D eigenvalue weighted by Gasteiger charge is -2.18. The molecule has 0 saturated carbocycles. The Bertz CT molecular complexity index is 966. The second-order valence-electron chi connectivity index (χ2n) is 6.18. The summed E-state index contributed by atoms with van der Waals surface area (Å²) in [5.74, 6) is -1.17. The van der Waals surface area contributed by atoms with E-state index in [0.717, 1.165) is 16.8 Å². The Balaban J connectivity index is 1.86. The van der Waals surface area contributed by atoms with Gasteiger partial charge < -0.3 is 16.2 Å². The number of amides is 1. The van der Waals surface area contributed by atoms with E-state index in [1.54, 1.807) is 6.07 Å². The highest BCUT2D eigenvalue weighted by molar-refractivity contribution is 5.93. The van der Waals surface area contributed by atoms with Crippen LogP contribution in [0.4, 0.5) is 5.82 Å². The Labute approximate surface area is 156 Å². The van der Waals surface area contributed by atoms with E-state index in [1.165, 1.54) is 10.7 Å². The van der Waals surface area contributed by atoms with E-state index in [-0.39, 0.29) is 12.1 Å². The fourth-order valence-electron chi connectivity index (χ4n) is 2.91. The Morgan fingerprint density at radius 1 is 1.15 bits per heavy atom. The fourth-order valence-corrected chi connectivity index (χ4v) is 2.91. The van der Waals surface area contributed by atoms with Crippen molar-refractivity contribution >= 4 is 17.7 Å². The summed E-state index contributed by atoms with van der Waals surface area (Å²) in [7, 11) is 0. The third-order valence-corrected chi connectivity index (χ3v) is 4.22. The Kier molecular flexibility index (Phi) is 5.21. The molecule has 1 aromatic heterocycles. The average Bonchev–Trinajstić information content (AvgIpc) is 3.04. The van der Waals surface area contributed by atoms with Crippen LogP contribution < -0.4 is 11.1 Å². The van der Waals surface area contributed by atoms with Gasteiger partial charge >= 0.3 is 5.97 Å². The van der Waals surface area contributed by atoms with Gasteiger partial charge in [0.15, 0.2) is 5.69 Å². The molecule has 0 aliphatic carbocycles. The number of aliphatic carboxylic acids is 1. The molecule has 0 spiro atoms. The van der Waals surface area contributed by atoms with E-state index in [0.29, 0.717) is 5.82 Å². The summed E-state index contributed by atoms with van der Waals surface area (Å²) in [6.07, 6.45) is -0.231. The lowest BCUT2D eigenvalue weighted by atomic mass is 9.98. The monoisotopic (exact) mass is 364 g/mol. The third-order valence-electron chi connectivity index (χ3n) is 4.22. The van der Waals surface area contributed by atoms with Crippen molar-refractivity contribution in [3.63, 3.8) is 0 Å². The number of nitrogens with two attached hydrogens (primary N) is 1. The van der Waals surface area contributed by atoms with Gasteiger partial charge in [0.25, 0.3) is 5.91 Å². The standard InChI is InChI=1S/C20H20N4O3/c1-13-7-5-6-10-15(13)16(12-19(25)26)22-20(27)17-11-18(21)24(23-17)14-8-3-2-4-9-14/h2-11,16H,12,21H2,1H3,(H,22,27)(H,25,26). The molecule has 0 fully saturated rings. The van der Waals surface area contributed by atoms with E-state index < -0.39 is 17.9 Å². The minimum atomic E-state index is -1.00. The number of carboxylic acid groups (broad SMARTS) is 1. The molecule has 1 amide bonds. The second-order valence-corrected chi connectivity index (χ2v) is 6.18. The van der Waals surface area contributed by atoms with Gasteiger partial charge in [0.05, 0.1) is 18.2 Å². The Morgan fingerprint density at radius 2 is 1.81 bits per heavy atom. The van der Waals surface area contributed by atoms with Crippen LogP contribution in [0.1, 0.15) is 34.1 Å². The van der Waals surface area contributed by atoms with Gasteiger partial charge in [0.1, 0.15) is 5.82 Å². The number of anilines is 1. The number of carbonyl (C=O) groups excluding carboxylic acids is 1. The molecule has 0 aliphatic rings. The van der Waals surface area contributed by atoms with Crippen LogP contribution in [0.5, 0.6) is 0 Å². The second kappa shape index (κ2) is 7.74. The number of nitrogens with one attached hydrogen (secondary N) is 1. The normalized spacial score (nSPS) is 11.7. The first kappa shape index (κ1) is 18.2. The number of rotatable bonds is 6. The molecule has 0 saturated heterocycles. The number of aryl methyl sites for hydroxylation is 1. The largest absolute Gasteiger partial charge is 0.481 e. The number of nitrogen functional groups attached to an aromatic ring is 1. The molecule has 138 valence electrons. The number of hydrogen-bond donors (Lipinski definition) is 3. The topological polar surface area (TPSA) is 110 Å². The summed E-state index contributed by atoms with van der Waals surface area (Å²) in [5, 5.41) is 16.2. The molecule has 7 heteroatoms. The molecule has 0 radical (unpaired) electrons. The molecule has 2 aromatic carbocycles.